The Morgan fingerprint density at radius 2 is 1.90 bits per heavy atom. The molecule has 0 bridgehead atoms. The van der Waals surface area contributed by atoms with E-state index in [0.29, 0.717) is 10.6 Å². The topological polar surface area (TPSA) is 75.1 Å². The van der Waals surface area contributed by atoms with Gasteiger partial charge in [-0.3, -0.25) is 14.3 Å². The molecule has 1 unspecified atom stereocenters. The summed E-state index contributed by atoms with van der Waals surface area (Å²) in [5.74, 6) is -0.313. The van der Waals surface area contributed by atoms with Gasteiger partial charge in [0.15, 0.2) is 0 Å². The van der Waals surface area contributed by atoms with Crippen LogP contribution in [0.5, 0.6) is 5.88 Å². The Hall–Kier alpha value is -2.01. The fourth-order valence-electron chi connectivity index (χ4n) is 2.37. The second kappa shape index (κ2) is 6.18. The van der Waals surface area contributed by atoms with Gasteiger partial charge in [0.2, 0.25) is 5.88 Å². The van der Waals surface area contributed by atoms with E-state index < -0.39 is 11.2 Å². The minimum Gasteiger partial charge on any atom is -0.494 e. The van der Waals surface area contributed by atoms with Crippen molar-refractivity contribution in [2.45, 2.75) is 32.7 Å². The van der Waals surface area contributed by atoms with E-state index in [-0.39, 0.29) is 17.5 Å². The number of hydrogen-bond donors (Lipinski definition) is 2. The Kier molecular flexibility index (Phi) is 4.53. The second-order valence-corrected chi connectivity index (χ2v) is 5.41. The van der Waals surface area contributed by atoms with E-state index >= 15 is 0 Å². The van der Waals surface area contributed by atoms with Gasteiger partial charge >= 0.3 is 5.69 Å². The van der Waals surface area contributed by atoms with Gasteiger partial charge in [0, 0.05) is 11.1 Å². The zero-order chi connectivity index (χ0) is 15.6. The molecule has 1 heterocycles. The van der Waals surface area contributed by atoms with Crippen LogP contribution in [0.2, 0.25) is 5.02 Å². The van der Waals surface area contributed by atoms with Crippen molar-refractivity contribution in [1.29, 1.82) is 0 Å². The summed E-state index contributed by atoms with van der Waals surface area (Å²) in [5, 5.41) is 10.9. The first-order valence-electron chi connectivity index (χ1n) is 6.79. The number of aromatic amines is 1. The normalized spacial score (nSPS) is 12.3. The van der Waals surface area contributed by atoms with Crippen molar-refractivity contribution < 1.29 is 5.11 Å². The third-order valence-corrected chi connectivity index (χ3v) is 3.65. The number of hydrogen-bond acceptors (Lipinski definition) is 3. The summed E-state index contributed by atoms with van der Waals surface area (Å²) in [5.41, 5.74) is -0.624. The van der Waals surface area contributed by atoms with Crippen molar-refractivity contribution in [2.24, 2.45) is 0 Å². The zero-order valence-electron chi connectivity index (χ0n) is 11.9. The summed E-state index contributed by atoms with van der Waals surface area (Å²) < 4.78 is 1.22. The molecule has 0 fully saturated rings. The lowest BCUT2D eigenvalue weighted by Gasteiger charge is -2.17. The van der Waals surface area contributed by atoms with Crippen LogP contribution >= 0.6 is 11.6 Å². The molecule has 2 N–H and O–H groups in total. The molecule has 5 nitrogen and oxygen atoms in total. The summed E-state index contributed by atoms with van der Waals surface area (Å²) in [6.07, 6.45) is 1.59. The highest BCUT2D eigenvalue weighted by Crippen LogP contribution is 2.28. The zero-order valence-corrected chi connectivity index (χ0v) is 12.6. The smallest absolute Gasteiger partial charge is 0.331 e. The summed E-state index contributed by atoms with van der Waals surface area (Å²) in [6, 6.07) is 6.31. The van der Waals surface area contributed by atoms with Gasteiger partial charge < -0.3 is 5.11 Å². The second-order valence-electron chi connectivity index (χ2n) is 4.97. The van der Waals surface area contributed by atoms with E-state index in [4.69, 9.17) is 11.6 Å². The molecular weight excluding hydrogens is 292 g/mol. The number of benzene rings is 1. The monoisotopic (exact) mass is 308 g/mol. The number of rotatable bonds is 4. The molecule has 0 radical (unpaired) electrons. The van der Waals surface area contributed by atoms with Crippen molar-refractivity contribution in [2.75, 3.05) is 0 Å². The van der Waals surface area contributed by atoms with Gasteiger partial charge in [-0.05, 0) is 31.0 Å². The van der Waals surface area contributed by atoms with Gasteiger partial charge in [-0.2, -0.15) is 0 Å². The van der Waals surface area contributed by atoms with E-state index in [2.05, 4.69) is 4.98 Å². The van der Waals surface area contributed by atoms with Crippen molar-refractivity contribution in [3.8, 4) is 17.0 Å². The van der Waals surface area contributed by atoms with Gasteiger partial charge in [0.1, 0.15) is 5.56 Å². The Morgan fingerprint density at radius 1 is 1.29 bits per heavy atom. The summed E-state index contributed by atoms with van der Waals surface area (Å²) >= 11 is 5.82. The average molecular weight is 309 g/mol. The summed E-state index contributed by atoms with van der Waals surface area (Å²) in [7, 11) is 0. The lowest BCUT2D eigenvalue weighted by atomic mass is 10.1. The standard InChI is InChI=1S/C15H17ClN2O3/c1-3-4-9(2)18-14(20)12(13(19)17-15(18)21)10-5-7-11(16)8-6-10/h5-9,20H,3-4H2,1-2H3,(H,17,19,21). The van der Waals surface area contributed by atoms with Gasteiger partial charge in [0.05, 0.1) is 0 Å². The van der Waals surface area contributed by atoms with Gasteiger partial charge in [0.25, 0.3) is 5.56 Å². The number of H-pyrrole nitrogens is 1. The van der Waals surface area contributed by atoms with Crippen molar-refractivity contribution >= 4 is 11.6 Å². The molecule has 0 aliphatic rings. The maximum atomic E-state index is 12.0. The number of aromatic hydroxyl groups is 1. The molecule has 0 aliphatic heterocycles. The van der Waals surface area contributed by atoms with Crippen molar-refractivity contribution in [3.05, 3.63) is 50.1 Å². The third-order valence-electron chi connectivity index (χ3n) is 3.40. The quantitative estimate of drug-likeness (QED) is 0.912. The van der Waals surface area contributed by atoms with E-state index in [1.54, 1.807) is 24.3 Å². The number of aromatic nitrogens is 2. The largest absolute Gasteiger partial charge is 0.494 e. The van der Waals surface area contributed by atoms with Crippen LogP contribution in [0.15, 0.2) is 33.9 Å². The lowest BCUT2D eigenvalue weighted by molar-refractivity contribution is 0.363. The Bertz CT molecular complexity index is 747. The molecule has 1 aromatic carbocycles. The number of nitrogens with zero attached hydrogens (tertiary/aromatic N) is 1. The van der Waals surface area contributed by atoms with Crippen LogP contribution in [0, 0.1) is 0 Å². The van der Waals surface area contributed by atoms with Gasteiger partial charge in [-0.15, -0.1) is 0 Å². The maximum absolute atomic E-state index is 12.0. The number of halogens is 1. The van der Waals surface area contributed by atoms with Crippen LogP contribution in [-0.4, -0.2) is 14.7 Å². The Morgan fingerprint density at radius 3 is 2.48 bits per heavy atom. The van der Waals surface area contributed by atoms with Gasteiger partial charge in [-0.25, -0.2) is 4.79 Å². The fourth-order valence-corrected chi connectivity index (χ4v) is 2.50. The molecule has 0 amide bonds. The molecule has 21 heavy (non-hydrogen) atoms. The first-order chi connectivity index (χ1) is 9.95. The average Bonchev–Trinajstić information content (AvgIpc) is 2.40. The van der Waals surface area contributed by atoms with E-state index in [1.165, 1.54) is 4.57 Å². The molecular formula is C15H17ClN2O3. The van der Waals surface area contributed by atoms with Crippen LogP contribution < -0.4 is 11.2 Å². The van der Waals surface area contributed by atoms with E-state index in [1.807, 2.05) is 13.8 Å². The Balaban J connectivity index is 2.67. The molecule has 1 atom stereocenters. The predicted molar refractivity (Wildman–Crippen MR) is 83.1 cm³/mol. The Labute approximate surface area is 126 Å². The van der Waals surface area contributed by atoms with Crippen LogP contribution in [0.3, 0.4) is 0 Å². The predicted octanol–water partition coefficient (Wildman–Crippen LogP) is 2.92. The fraction of sp³-hybridized carbons (Fsp3) is 0.333. The first kappa shape index (κ1) is 15.4. The van der Waals surface area contributed by atoms with E-state index in [0.717, 1.165) is 12.8 Å². The summed E-state index contributed by atoms with van der Waals surface area (Å²) in [4.78, 5) is 26.2. The van der Waals surface area contributed by atoms with Crippen LogP contribution in [-0.2, 0) is 0 Å². The molecule has 1 aromatic heterocycles. The molecule has 112 valence electrons. The molecule has 6 heteroatoms. The molecule has 0 aliphatic carbocycles. The van der Waals surface area contributed by atoms with Crippen LogP contribution in [0.25, 0.3) is 11.1 Å². The molecule has 0 saturated carbocycles. The minimum atomic E-state index is -0.611. The highest BCUT2D eigenvalue weighted by molar-refractivity contribution is 6.30. The molecule has 2 rings (SSSR count). The van der Waals surface area contributed by atoms with Crippen molar-refractivity contribution in [1.82, 2.24) is 9.55 Å². The molecule has 2 aromatic rings. The highest BCUT2D eigenvalue weighted by atomic mass is 35.5. The van der Waals surface area contributed by atoms with Crippen LogP contribution in [0.1, 0.15) is 32.7 Å². The highest BCUT2D eigenvalue weighted by Gasteiger charge is 2.19. The van der Waals surface area contributed by atoms with Gasteiger partial charge in [-0.1, -0.05) is 37.1 Å². The molecule has 0 saturated heterocycles. The maximum Gasteiger partial charge on any atom is 0.331 e. The minimum absolute atomic E-state index is 0.0780. The SMILES string of the molecule is CCCC(C)n1c(O)c(-c2ccc(Cl)cc2)c(=O)[nH]c1=O. The number of nitrogens with one attached hydrogen (secondary N) is 1. The van der Waals surface area contributed by atoms with E-state index in [9.17, 15) is 14.7 Å². The third kappa shape index (κ3) is 3.03. The first-order valence-corrected chi connectivity index (χ1v) is 7.17. The lowest BCUT2D eigenvalue weighted by Crippen LogP contribution is -2.32. The van der Waals surface area contributed by atoms with Crippen molar-refractivity contribution in [3.63, 3.8) is 0 Å². The van der Waals surface area contributed by atoms with Crippen LogP contribution in [0.4, 0.5) is 0 Å². The molecule has 0 spiro atoms. The summed E-state index contributed by atoms with van der Waals surface area (Å²) in [6.45, 7) is 3.82.